The molecular formula is C18H30N4O2S. The molecule has 1 aliphatic rings. The van der Waals surface area contributed by atoms with Crippen molar-refractivity contribution in [2.75, 3.05) is 26.7 Å². The van der Waals surface area contributed by atoms with Crippen molar-refractivity contribution in [3.05, 3.63) is 35.4 Å². The van der Waals surface area contributed by atoms with Gasteiger partial charge in [-0.1, -0.05) is 31.2 Å². The highest BCUT2D eigenvalue weighted by atomic mass is 32.2. The highest BCUT2D eigenvalue weighted by Crippen LogP contribution is 2.16. The van der Waals surface area contributed by atoms with E-state index < -0.39 is 10.0 Å². The topological polar surface area (TPSA) is 73.8 Å². The fourth-order valence-corrected chi connectivity index (χ4v) is 3.68. The number of rotatable bonds is 6. The number of guanidine groups is 1. The maximum Gasteiger partial charge on any atom is 0.215 e. The largest absolute Gasteiger partial charge is 0.357 e. The van der Waals surface area contributed by atoms with Crippen molar-refractivity contribution in [3.8, 4) is 0 Å². The fraction of sp³-hybridized carbons (Fsp3) is 0.611. The number of hydrogen-bond acceptors (Lipinski definition) is 3. The Kier molecular flexibility index (Phi) is 7.25. The maximum atomic E-state index is 11.7. The van der Waals surface area contributed by atoms with Crippen LogP contribution in [0.25, 0.3) is 0 Å². The average Bonchev–Trinajstić information content (AvgIpc) is 2.59. The second kappa shape index (κ2) is 9.20. The zero-order valence-electron chi connectivity index (χ0n) is 15.5. The van der Waals surface area contributed by atoms with E-state index in [1.165, 1.54) is 19.9 Å². The van der Waals surface area contributed by atoms with Gasteiger partial charge in [0.15, 0.2) is 5.96 Å². The first-order valence-corrected chi connectivity index (χ1v) is 10.6. The third-order valence-corrected chi connectivity index (χ3v) is 5.82. The summed E-state index contributed by atoms with van der Waals surface area (Å²) in [6.07, 6.45) is 2.39. The Morgan fingerprint density at radius 3 is 2.60 bits per heavy atom. The highest BCUT2D eigenvalue weighted by Gasteiger charge is 2.18. The number of nitrogens with one attached hydrogen (secondary N) is 2. The summed E-state index contributed by atoms with van der Waals surface area (Å²) in [5.74, 6) is 1.72. The minimum Gasteiger partial charge on any atom is -0.357 e. The summed E-state index contributed by atoms with van der Waals surface area (Å²) < 4.78 is 25.8. The molecule has 1 saturated heterocycles. The summed E-state index contributed by atoms with van der Waals surface area (Å²) in [6.45, 7) is 7.82. The molecule has 1 heterocycles. The van der Waals surface area contributed by atoms with E-state index in [0.29, 0.717) is 6.54 Å². The quantitative estimate of drug-likeness (QED) is 0.596. The molecule has 6 nitrogen and oxygen atoms in total. The van der Waals surface area contributed by atoms with Gasteiger partial charge < -0.3 is 10.2 Å². The van der Waals surface area contributed by atoms with E-state index in [-0.39, 0.29) is 5.75 Å². The van der Waals surface area contributed by atoms with Gasteiger partial charge in [-0.3, -0.25) is 0 Å². The zero-order chi connectivity index (χ0) is 18.3. The summed E-state index contributed by atoms with van der Waals surface area (Å²) in [5.41, 5.74) is 1.79. The summed E-state index contributed by atoms with van der Waals surface area (Å²) in [7, 11) is -1.82. The molecule has 0 saturated carbocycles. The van der Waals surface area contributed by atoms with E-state index in [0.717, 1.165) is 42.6 Å². The predicted octanol–water partition coefficient (Wildman–Crippen LogP) is 1.93. The van der Waals surface area contributed by atoms with Gasteiger partial charge in [-0.2, -0.15) is 0 Å². The molecule has 140 valence electrons. The Morgan fingerprint density at radius 2 is 1.96 bits per heavy atom. The lowest BCUT2D eigenvalue weighted by atomic mass is 10.00. The Morgan fingerprint density at radius 1 is 1.28 bits per heavy atom. The van der Waals surface area contributed by atoms with Gasteiger partial charge in [0, 0.05) is 19.6 Å². The van der Waals surface area contributed by atoms with Gasteiger partial charge >= 0.3 is 0 Å². The van der Waals surface area contributed by atoms with Gasteiger partial charge in [-0.05, 0) is 43.9 Å². The molecule has 0 bridgehead atoms. The first kappa shape index (κ1) is 19.7. The van der Waals surface area contributed by atoms with Crippen LogP contribution in [0.15, 0.2) is 29.3 Å². The fourth-order valence-electron chi connectivity index (χ4n) is 2.92. The van der Waals surface area contributed by atoms with Crippen molar-refractivity contribution in [2.24, 2.45) is 10.9 Å². The lowest BCUT2D eigenvalue weighted by molar-refractivity contribution is 0.273. The second-order valence-corrected chi connectivity index (χ2v) is 8.55. The molecule has 1 fully saturated rings. The molecule has 1 aromatic carbocycles. The van der Waals surface area contributed by atoms with E-state index in [1.54, 1.807) is 0 Å². The van der Waals surface area contributed by atoms with Gasteiger partial charge in [0.25, 0.3) is 0 Å². The van der Waals surface area contributed by atoms with Crippen LogP contribution in [-0.4, -0.2) is 46.0 Å². The number of sulfonamides is 1. The zero-order valence-corrected chi connectivity index (χ0v) is 16.3. The van der Waals surface area contributed by atoms with Crippen molar-refractivity contribution in [2.45, 2.75) is 39.0 Å². The predicted molar refractivity (Wildman–Crippen MR) is 103 cm³/mol. The summed E-state index contributed by atoms with van der Waals surface area (Å²) in [6, 6.07) is 7.63. The number of hydrogen-bond donors (Lipinski definition) is 2. The second-order valence-electron chi connectivity index (χ2n) is 6.62. The number of nitrogens with zero attached hydrogens (tertiary/aromatic N) is 2. The van der Waals surface area contributed by atoms with E-state index in [1.807, 2.05) is 24.3 Å². The number of aliphatic imine (C=N–C) groups is 1. The summed E-state index contributed by atoms with van der Waals surface area (Å²) >= 11 is 0. The van der Waals surface area contributed by atoms with Crippen molar-refractivity contribution in [3.63, 3.8) is 0 Å². The van der Waals surface area contributed by atoms with Crippen LogP contribution in [-0.2, 0) is 22.3 Å². The third kappa shape index (κ3) is 6.32. The van der Waals surface area contributed by atoms with Gasteiger partial charge in [-0.25, -0.2) is 18.1 Å². The molecule has 2 N–H and O–H groups in total. The van der Waals surface area contributed by atoms with Gasteiger partial charge in [0.2, 0.25) is 10.0 Å². The SMILES string of the molecule is CCNC(=NCc1cccc(CS(=O)(=O)NC)c1)N1CCC(C)CC1. The highest BCUT2D eigenvalue weighted by molar-refractivity contribution is 7.88. The smallest absolute Gasteiger partial charge is 0.215 e. The first-order valence-electron chi connectivity index (χ1n) is 8.96. The molecule has 0 spiro atoms. The van der Waals surface area contributed by atoms with Gasteiger partial charge in [0.05, 0.1) is 12.3 Å². The molecule has 0 aromatic heterocycles. The molecule has 1 aromatic rings. The van der Waals surface area contributed by atoms with Crippen LogP contribution in [0.4, 0.5) is 0 Å². The van der Waals surface area contributed by atoms with Gasteiger partial charge in [-0.15, -0.1) is 0 Å². The Balaban J connectivity index is 2.07. The maximum absolute atomic E-state index is 11.7. The normalized spacial score (nSPS) is 16.9. The van der Waals surface area contributed by atoms with Crippen LogP contribution in [0.3, 0.4) is 0 Å². The molecule has 2 rings (SSSR count). The molecule has 0 atom stereocenters. The molecule has 0 amide bonds. The molecule has 7 heteroatoms. The van der Waals surface area contributed by atoms with E-state index in [4.69, 9.17) is 4.99 Å². The lowest BCUT2D eigenvalue weighted by Crippen LogP contribution is -2.45. The van der Waals surface area contributed by atoms with Crippen LogP contribution >= 0.6 is 0 Å². The van der Waals surface area contributed by atoms with Crippen LogP contribution in [0.1, 0.15) is 37.8 Å². The van der Waals surface area contributed by atoms with Gasteiger partial charge in [0.1, 0.15) is 0 Å². The molecule has 1 aliphatic heterocycles. The summed E-state index contributed by atoms with van der Waals surface area (Å²) in [5, 5.41) is 3.37. The van der Waals surface area contributed by atoms with Crippen molar-refractivity contribution >= 4 is 16.0 Å². The Bertz CT molecular complexity index is 680. The van der Waals surface area contributed by atoms with Crippen molar-refractivity contribution < 1.29 is 8.42 Å². The van der Waals surface area contributed by atoms with Crippen LogP contribution < -0.4 is 10.0 Å². The summed E-state index contributed by atoms with van der Waals surface area (Å²) in [4.78, 5) is 7.07. The van der Waals surface area contributed by atoms with Crippen LogP contribution in [0.2, 0.25) is 0 Å². The van der Waals surface area contributed by atoms with Crippen molar-refractivity contribution in [1.82, 2.24) is 14.9 Å². The number of likely N-dealkylation sites (tertiary alicyclic amines) is 1. The molecular weight excluding hydrogens is 336 g/mol. The monoisotopic (exact) mass is 366 g/mol. The third-order valence-electron chi connectivity index (χ3n) is 4.49. The molecule has 25 heavy (non-hydrogen) atoms. The Labute approximate surface area is 151 Å². The first-order chi connectivity index (χ1) is 11.9. The van der Waals surface area contributed by atoms with E-state index in [2.05, 4.69) is 28.8 Å². The average molecular weight is 367 g/mol. The molecule has 0 unspecified atom stereocenters. The van der Waals surface area contributed by atoms with Crippen molar-refractivity contribution in [1.29, 1.82) is 0 Å². The minimum atomic E-state index is -3.26. The van der Waals surface area contributed by atoms with E-state index >= 15 is 0 Å². The number of piperidine rings is 1. The molecule has 0 radical (unpaired) electrons. The molecule has 0 aliphatic carbocycles. The Hall–Kier alpha value is -1.60. The van der Waals surface area contributed by atoms with Crippen LogP contribution in [0.5, 0.6) is 0 Å². The number of benzene rings is 1. The van der Waals surface area contributed by atoms with Crippen LogP contribution in [0, 0.1) is 5.92 Å². The van der Waals surface area contributed by atoms with E-state index in [9.17, 15) is 8.42 Å². The standard InChI is InChI=1S/C18H30N4O2S/c1-4-20-18(22-10-8-15(2)9-11-22)21-13-16-6-5-7-17(12-16)14-25(23,24)19-3/h5-7,12,15,19H,4,8-11,13-14H2,1-3H3,(H,20,21). The lowest BCUT2D eigenvalue weighted by Gasteiger charge is -2.33. The minimum absolute atomic E-state index is 0.00879.